The van der Waals surface area contributed by atoms with Gasteiger partial charge in [-0.15, -0.1) is 0 Å². The van der Waals surface area contributed by atoms with Crippen molar-refractivity contribution in [2.75, 3.05) is 20.1 Å². The van der Waals surface area contributed by atoms with Crippen LogP contribution in [-0.4, -0.2) is 37.0 Å². The number of fused-ring (bicyclic) bond motifs is 1. The van der Waals surface area contributed by atoms with Gasteiger partial charge in [-0.3, -0.25) is 4.79 Å². The van der Waals surface area contributed by atoms with Crippen molar-refractivity contribution < 1.29 is 9.21 Å². The number of para-hydroxylation sites is 1. The highest BCUT2D eigenvalue weighted by Crippen LogP contribution is 2.24. The van der Waals surface area contributed by atoms with E-state index < -0.39 is 0 Å². The first-order valence-corrected chi connectivity index (χ1v) is 6.74. The van der Waals surface area contributed by atoms with Crippen molar-refractivity contribution in [3.05, 3.63) is 36.1 Å². The molecule has 0 saturated carbocycles. The Balaban J connectivity index is 1.86. The maximum atomic E-state index is 12.5. The molecule has 19 heavy (non-hydrogen) atoms. The van der Waals surface area contributed by atoms with E-state index in [1.807, 2.05) is 42.3 Å². The fourth-order valence-corrected chi connectivity index (χ4v) is 2.78. The standard InChI is InChI=1S/C15H18N2O2/c1-16-10-12-6-4-8-17(12)15(18)14-9-11-5-2-3-7-13(11)19-14/h2-3,5,7,9,12,16H,4,6,8,10H2,1H3. The topological polar surface area (TPSA) is 45.5 Å². The molecular formula is C15H18N2O2. The average Bonchev–Trinajstić information content (AvgIpc) is 3.04. The summed E-state index contributed by atoms with van der Waals surface area (Å²) in [5.74, 6) is 0.457. The number of likely N-dealkylation sites (tertiary alicyclic amines) is 1. The summed E-state index contributed by atoms with van der Waals surface area (Å²) in [4.78, 5) is 14.4. The van der Waals surface area contributed by atoms with Gasteiger partial charge in [-0.1, -0.05) is 18.2 Å². The molecule has 1 aliphatic heterocycles. The summed E-state index contributed by atoms with van der Waals surface area (Å²) < 4.78 is 5.66. The second kappa shape index (κ2) is 5.05. The summed E-state index contributed by atoms with van der Waals surface area (Å²) in [7, 11) is 1.92. The number of nitrogens with one attached hydrogen (secondary N) is 1. The zero-order valence-electron chi connectivity index (χ0n) is 11.1. The van der Waals surface area contributed by atoms with E-state index in [0.717, 1.165) is 36.9 Å². The number of amides is 1. The van der Waals surface area contributed by atoms with Crippen LogP contribution in [0.4, 0.5) is 0 Å². The minimum absolute atomic E-state index is 0.00829. The molecule has 1 aliphatic rings. The first-order valence-electron chi connectivity index (χ1n) is 6.74. The number of furan rings is 1. The van der Waals surface area contributed by atoms with Crippen molar-refractivity contribution in [2.45, 2.75) is 18.9 Å². The number of hydrogen-bond donors (Lipinski definition) is 1. The van der Waals surface area contributed by atoms with Gasteiger partial charge in [-0.25, -0.2) is 0 Å². The van der Waals surface area contributed by atoms with Crippen LogP contribution in [0.25, 0.3) is 11.0 Å². The van der Waals surface area contributed by atoms with Crippen LogP contribution in [0.2, 0.25) is 0 Å². The van der Waals surface area contributed by atoms with Crippen molar-refractivity contribution in [2.24, 2.45) is 0 Å². The molecule has 1 aromatic carbocycles. The number of carbonyl (C=O) groups excluding carboxylic acids is 1. The highest BCUT2D eigenvalue weighted by Gasteiger charge is 2.30. The number of nitrogens with zero attached hydrogens (tertiary/aromatic N) is 1. The molecule has 0 bridgehead atoms. The highest BCUT2D eigenvalue weighted by atomic mass is 16.3. The van der Waals surface area contributed by atoms with Gasteiger partial charge in [0.05, 0.1) is 0 Å². The van der Waals surface area contributed by atoms with E-state index in [0.29, 0.717) is 5.76 Å². The van der Waals surface area contributed by atoms with E-state index >= 15 is 0 Å². The van der Waals surface area contributed by atoms with Gasteiger partial charge in [0.1, 0.15) is 5.58 Å². The molecule has 0 spiro atoms. The van der Waals surface area contributed by atoms with E-state index in [9.17, 15) is 4.79 Å². The predicted octanol–water partition coefficient (Wildman–Crippen LogP) is 2.26. The van der Waals surface area contributed by atoms with Gasteiger partial charge in [-0.2, -0.15) is 0 Å². The number of carbonyl (C=O) groups is 1. The Morgan fingerprint density at radius 1 is 1.47 bits per heavy atom. The van der Waals surface area contributed by atoms with E-state index in [2.05, 4.69) is 5.32 Å². The molecule has 1 unspecified atom stereocenters. The minimum atomic E-state index is 0.00829. The average molecular weight is 258 g/mol. The normalized spacial score (nSPS) is 19.2. The van der Waals surface area contributed by atoms with Gasteiger partial charge in [0.25, 0.3) is 5.91 Å². The Labute approximate surface area is 112 Å². The molecular weight excluding hydrogens is 240 g/mol. The molecule has 2 heterocycles. The lowest BCUT2D eigenvalue weighted by Crippen LogP contribution is -2.40. The number of benzene rings is 1. The van der Waals surface area contributed by atoms with Crippen molar-refractivity contribution in [1.82, 2.24) is 10.2 Å². The summed E-state index contributed by atoms with van der Waals surface area (Å²) >= 11 is 0. The van der Waals surface area contributed by atoms with Crippen LogP contribution in [-0.2, 0) is 0 Å². The summed E-state index contributed by atoms with van der Waals surface area (Å²) in [5, 5.41) is 4.13. The van der Waals surface area contributed by atoms with Gasteiger partial charge in [-0.05, 0) is 32.0 Å². The fourth-order valence-electron chi connectivity index (χ4n) is 2.78. The summed E-state index contributed by atoms with van der Waals surface area (Å²) in [6, 6.07) is 9.84. The molecule has 0 aliphatic carbocycles. The molecule has 1 N–H and O–H groups in total. The molecule has 4 heteroatoms. The molecule has 0 radical (unpaired) electrons. The van der Waals surface area contributed by atoms with E-state index in [-0.39, 0.29) is 11.9 Å². The molecule has 100 valence electrons. The Bertz CT molecular complexity index is 558. The molecule has 4 nitrogen and oxygen atoms in total. The summed E-state index contributed by atoms with van der Waals surface area (Å²) in [5.41, 5.74) is 0.773. The zero-order chi connectivity index (χ0) is 13.2. The first kappa shape index (κ1) is 12.2. The van der Waals surface area contributed by atoms with Crippen LogP contribution >= 0.6 is 0 Å². The summed E-state index contributed by atoms with van der Waals surface area (Å²) in [6.45, 7) is 1.66. The van der Waals surface area contributed by atoms with Gasteiger partial charge >= 0.3 is 0 Å². The minimum Gasteiger partial charge on any atom is -0.451 e. The zero-order valence-corrected chi connectivity index (χ0v) is 11.1. The smallest absolute Gasteiger partial charge is 0.289 e. The first-order chi connectivity index (χ1) is 9.29. The molecule has 2 aromatic rings. The fraction of sp³-hybridized carbons (Fsp3) is 0.400. The van der Waals surface area contributed by atoms with Crippen molar-refractivity contribution >= 4 is 16.9 Å². The largest absolute Gasteiger partial charge is 0.451 e. The second-order valence-electron chi connectivity index (χ2n) is 5.00. The van der Waals surface area contributed by atoms with E-state index in [1.165, 1.54) is 0 Å². The molecule has 3 rings (SSSR count). The predicted molar refractivity (Wildman–Crippen MR) is 74.2 cm³/mol. The Morgan fingerprint density at radius 2 is 2.32 bits per heavy atom. The van der Waals surface area contributed by atoms with Gasteiger partial charge in [0.2, 0.25) is 0 Å². The van der Waals surface area contributed by atoms with Gasteiger partial charge in [0.15, 0.2) is 5.76 Å². The van der Waals surface area contributed by atoms with Crippen LogP contribution in [0.15, 0.2) is 34.7 Å². The third kappa shape index (κ3) is 2.24. The lowest BCUT2D eigenvalue weighted by Gasteiger charge is -2.23. The molecule has 1 saturated heterocycles. The van der Waals surface area contributed by atoms with Crippen LogP contribution < -0.4 is 5.32 Å². The van der Waals surface area contributed by atoms with Crippen LogP contribution in [0.1, 0.15) is 23.4 Å². The van der Waals surface area contributed by atoms with Crippen LogP contribution in [0.5, 0.6) is 0 Å². The number of likely N-dealkylation sites (N-methyl/N-ethyl adjacent to an activating group) is 1. The molecule has 1 amide bonds. The van der Waals surface area contributed by atoms with E-state index in [1.54, 1.807) is 0 Å². The third-order valence-electron chi connectivity index (χ3n) is 3.71. The molecule has 1 fully saturated rings. The lowest BCUT2D eigenvalue weighted by molar-refractivity contribution is 0.0707. The van der Waals surface area contributed by atoms with Gasteiger partial charge < -0.3 is 14.6 Å². The summed E-state index contributed by atoms with van der Waals surface area (Å²) in [6.07, 6.45) is 2.13. The van der Waals surface area contributed by atoms with Crippen molar-refractivity contribution in [1.29, 1.82) is 0 Å². The number of rotatable bonds is 3. The van der Waals surface area contributed by atoms with Crippen molar-refractivity contribution in [3.8, 4) is 0 Å². The Morgan fingerprint density at radius 3 is 3.11 bits per heavy atom. The molecule has 1 aromatic heterocycles. The Hall–Kier alpha value is -1.81. The maximum absolute atomic E-state index is 12.5. The highest BCUT2D eigenvalue weighted by molar-refractivity contribution is 5.96. The quantitative estimate of drug-likeness (QED) is 0.918. The van der Waals surface area contributed by atoms with Crippen LogP contribution in [0, 0.1) is 0 Å². The third-order valence-corrected chi connectivity index (χ3v) is 3.71. The monoisotopic (exact) mass is 258 g/mol. The lowest BCUT2D eigenvalue weighted by atomic mass is 10.2. The van der Waals surface area contributed by atoms with Crippen LogP contribution in [0.3, 0.4) is 0 Å². The number of hydrogen-bond acceptors (Lipinski definition) is 3. The Kier molecular flexibility index (Phi) is 3.25. The van der Waals surface area contributed by atoms with Crippen molar-refractivity contribution in [3.63, 3.8) is 0 Å². The van der Waals surface area contributed by atoms with E-state index in [4.69, 9.17) is 4.42 Å². The van der Waals surface area contributed by atoms with Gasteiger partial charge in [0, 0.05) is 24.5 Å². The second-order valence-corrected chi connectivity index (χ2v) is 5.00. The maximum Gasteiger partial charge on any atom is 0.289 e. The molecule has 1 atom stereocenters. The SMILES string of the molecule is CNCC1CCCN1C(=O)c1cc2ccccc2o1.